The smallest absolute Gasteiger partial charge is 0.166 e. The second-order valence-corrected chi connectivity index (χ2v) is 7.01. The van der Waals surface area contributed by atoms with Gasteiger partial charge in [0.15, 0.2) is 11.5 Å². The van der Waals surface area contributed by atoms with Gasteiger partial charge in [-0.25, -0.2) is 4.98 Å². The van der Waals surface area contributed by atoms with Crippen molar-refractivity contribution in [3.05, 3.63) is 53.7 Å². The Hall–Kier alpha value is -2.59. The summed E-state index contributed by atoms with van der Waals surface area (Å²) in [5.74, 6) is 1.53. The Morgan fingerprint density at radius 3 is 2.64 bits per heavy atom. The highest BCUT2D eigenvalue weighted by Crippen LogP contribution is 2.48. The molecule has 0 fully saturated rings. The van der Waals surface area contributed by atoms with Crippen molar-refractivity contribution >= 4 is 10.8 Å². The third kappa shape index (κ3) is 2.63. The maximum Gasteiger partial charge on any atom is 0.166 e. The topological polar surface area (TPSA) is 51.6 Å². The molecule has 1 aromatic heterocycles. The molecule has 2 heterocycles. The van der Waals surface area contributed by atoms with E-state index in [0.29, 0.717) is 5.69 Å². The molecule has 0 amide bonds. The fourth-order valence-electron chi connectivity index (χ4n) is 3.58. The highest BCUT2D eigenvalue weighted by atomic mass is 16.5. The molecular weight excluding hydrogens is 314 g/mol. The van der Waals surface area contributed by atoms with Gasteiger partial charge >= 0.3 is 0 Å². The van der Waals surface area contributed by atoms with Crippen LogP contribution in [0.1, 0.15) is 25.1 Å². The van der Waals surface area contributed by atoms with Crippen molar-refractivity contribution < 1.29 is 14.6 Å². The Kier molecular flexibility index (Phi) is 3.65. The fraction of sp³-hybridized carbons (Fsp3) is 0.286. The highest BCUT2D eigenvalue weighted by Gasteiger charge is 2.35. The summed E-state index contributed by atoms with van der Waals surface area (Å²) in [6, 6.07) is 14.0. The molecule has 3 aromatic rings. The number of aliphatic hydroxyl groups is 1. The quantitative estimate of drug-likeness (QED) is 0.782. The highest BCUT2D eigenvalue weighted by molar-refractivity contribution is 6.00. The van der Waals surface area contributed by atoms with Gasteiger partial charge in [-0.3, -0.25) is 0 Å². The molecule has 0 saturated heterocycles. The zero-order valence-electron chi connectivity index (χ0n) is 14.7. The summed E-state index contributed by atoms with van der Waals surface area (Å²) >= 11 is 0. The van der Waals surface area contributed by atoms with Crippen LogP contribution in [0.15, 0.2) is 42.5 Å². The number of nitrogens with zero attached hydrogens (tertiary/aromatic N) is 1. The average molecular weight is 335 g/mol. The summed E-state index contributed by atoms with van der Waals surface area (Å²) in [5, 5.41) is 11.7. The van der Waals surface area contributed by atoms with E-state index in [0.717, 1.165) is 45.5 Å². The van der Waals surface area contributed by atoms with Crippen LogP contribution in [0.3, 0.4) is 0 Å². The van der Waals surface area contributed by atoms with Gasteiger partial charge in [0.25, 0.3) is 0 Å². The standard InChI is InChI=1S/C21H21NO3/c1-21(2)11-16-18-14(10-17(24-3)20(16)25-21)9-15(12-23)22-19(18)13-7-5-4-6-8-13/h4-10,23H,11-12H2,1-3H3. The monoisotopic (exact) mass is 335 g/mol. The van der Waals surface area contributed by atoms with Gasteiger partial charge in [-0.15, -0.1) is 0 Å². The first kappa shape index (κ1) is 15.9. The van der Waals surface area contributed by atoms with Crippen LogP contribution in [-0.4, -0.2) is 22.8 Å². The minimum Gasteiger partial charge on any atom is -0.493 e. The molecule has 25 heavy (non-hydrogen) atoms. The first-order chi connectivity index (χ1) is 12.0. The van der Waals surface area contributed by atoms with Gasteiger partial charge in [0.2, 0.25) is 0 Å². The van der Waals surface area contributed by atoms with Crippen LogP contribution in [-0.2, 0) is 13.0 Å². The summed E-state index contributed by atoms with van der Waals surface area (Å²) in [5.41, 5.74) is 3.39. The second kappa shape index (κ2) is 5.74. The van der Waals surface area contributed by atoms with Gasteiger partial charge in [0.05, 0.1) is 25.1 Å². The minimum absolute atomic E-state index is 0.100. The first-order valence-electron chi connectivity index (χ1n) is 8.41. The lowest BCUT2D eigenvalue weighted by Crippen LogP contribution is -2.24. The number of aromatic nitrogens is 1. The van der Waals surface area contributed by atoms with Crippen LogP contribution >= 0.6 is 0 Å². The van der Waals surface area contributed by atoms with Gasteiger partial charge in [0.1, 0.15) is 5.60 Å². The summed E-state index contributed by atoms with van der Waals surface area (Å²) in [7, 11) is 1.66. The van der Waals surface area contributed by atoms with E-state index < -0.39 is 0 Å². The number of benzene rings is 2. The van der Waals surface area contributed by atoms with Crippen LogP contribution in [0.5, 0.6) is 11.5 Å². The van der Waals surface area contributed by atoms with Crippen molar-refractivity contribution in [1.29, 1.82) is 0 Å². The lowest BCUT2D eigenvalue weighted by molar-refractivity contribution is 0.134. The molecule has 0 spiro atoms. The molecule has 4 heteroatoms. The van der Waals surface area contributed by atoms with Crippen molar-refractivity contribution in [3.63, 3.8) is 0 Å². The molecule has 1 N–H and O–H groups in total. The van der Waals surface area contributed by atoms with Gasteiger partial charge in [-0.2, -0.15) is 0 Å². The molecule has 4 nitrogen and oxygen atoms in total. The van der Waals surface area contributed by atoms with Gasteiger partial charge in [0, 0.05) is 22.9 Å². The van der Waals surface area contributed by atoms with E-state index in [1.165, 1.54) is 0 Å². The molecule has 2 aromatic carbocycles. The normalized spacial score (nSPS) is 15.0. The molecule has 0 unspecified atom stereocenters. The van der Waals surface area contributed by atoms with Crippen molar-refractivity contribution in [2.75, 3.05) is 7.11 Å². The van der Waals surface area contributed by atoms with Crippen molar-refractivity contribution in [2.45, 2.75) is 32.5 Å². The minimum atomic E-state index is -0.284. The Balaban J connectivity index is 2.10. The first-order valence-corrected chi connectivity index (χ1v) is 8.41. The van der Waals surface area contributed by atoms with E-state index in [2.05, 4.69) is 13.8 Å². The second-order valence-electron chi connectivity index (χ2n) is 7.01. The van der Waals surface area contributed by atoms with E-state index in [1.54, 1.807) is 7.11 Å². The van der Waals surface area contributed by atoms with Gasteiger partial charge in [-0.05, 0) is 31.4 Å². The number of hydrogen-bond acceptors (Lipinski definition) is 4. The molecule has 1 aliphatic heterocycles. The lowest BCUT2D eigenvalue weighted by Gasteiger charge is -2.17. The zero-order chi connectivity index (χ0) is 17.6. The molecule has 0 bridgehead atoms. The number of methoxy groups -OCH3 is 1. The summed E-state index contributed by atoms with van der Waals surface area (Å²) in [4.78, 5) is 4.72. The van der Waals surface area contributed by atoms with E-state index in [1.807, 2.05) is 42.5 Å². The molecule has 1 aliphatic rings. The molecule has 0 saturated carbocycles. The maximum absolute atomic E-state index is 9.65. The van der Waals surface area contributed by atoms with Crippen LogP contribution < -0.4 is 9.47 Å². The number of rotatable bonds is 3. The lowest BCUT2D eigenvalue weighted by atomic mass is 9.93. The predicted molar refractivity (Wildman–Crippen MR) is 98.1 cm³/mol. The van der Waals surface area contributed by atoms with Crippen LogP contribution in [0.2, 0.25) is 0 Å². The third-order valence-electron chi connectivity index (χ3n) is 4.60. The van der Waals surface area contributed by atoms with Crippen LogP contribution in [0, 0.1) is 0 Å². The fourth-order valence-corrected chi connectivity index (χ4v) is 3.58. The molecule has 128 valence electrons. The number of aliphatic hydroxyl groups excluding tert-OH is 1. The Morgan fingerprint density at radius 1 is 1.20 bits per heavy atom. The Morgan fingerprint density at radius 2 is 1.96 bits per heavy atom. The number of fused-ring (bicyclic) bond motifs is 3. The Labute approximate surface area is 147 Å². The van der Waals surface area contributed by atoms with Crippen molar-refractivity contribution in [2.24, 2.45) is 0 Å². The van der Waals surface area contributed by atoms with Gasteiger partial charge in [-0.1, -0.05) is 30.3 Å². The van der Waals surface area contributed by atoms with Crippen LogP contribution in [0.4, 0.5) is 0 Å². The molecule has 4 rings (SSSR count). The van der Waals surface area contributed by atoms with E-state index in [4.69, 9.17) is 14.5 Å². The van der Waals surface area contributed by atoms with E-state index in [9.17, 15) is 5.11 Å². The van der Waals surface area contributed by atoms with Crippen molar-refractivity contribution in [3.8, 4) is 22.8 Å². The third-order valence-corrected chi connectivity index (χ3v) is 4.60. The molecule has 0 atom stereocenters. The SMILES string of the molecule is COc1cc2cc(CO)nc(-c3ccccc3)c2c2c1OC(C)(C)C2. The van der Waals surface area contributed by atoms with Crippen LogP contribution in [0.25, 0.3) is 22.0 Å². The number of hydrogen-bond donors (Lipinski definition) is 1. The zero-order valence-corrected chi connectivity index (χ0v) is 14.7. The van der Waals surface area contributed by atoms with Crippen molar-refractivity contribution in [1.82, 2.24) is 4.98 Å². The molecule has 0 radical (unpaired) electrons. The average Bonchev–Trinajstić information content (AvgIpc) is 2.95. The predicted octanol–water partition coefficient (Wildman–Crippen LogP) is 4.12. The van der Waals surface area contributed by atoms with E-state index in [-0.39, 0.29) is 12.2 Å². The summed E-state index contributed by atoms with van der Waals surface area (Å²) in [6.45, 7) is 4.06. The molecular formula is C21H21NO3. The summed E-state index contributed by atoms with van der Waals surface area (Å²) < 4.78 is 11.7. The maximum atomic E-state index is 9.65. The molecule has 0 aliphatic carbocycles. The van der Waals surface area contributed by atoms with E-state index >= 15 is 0 Å². The Bertz CT molecular complexity index is 949. The number of ether oxygens (including phenoxy) is 2. The summed E-state index contributed by atoms with van der Waals surface area (Å²) in [6.07, 6.45) is 0.788. The number of pyridine rings is 1. The largest absolute Gasteiger partial charge is 0.493 e. The van der Waals surface area contributed by atoms with Gasteiger partial charge < -0.3 is 14.6 Å².